The zero-order chi connectivity index (χ0) is 16.9. The van der Waals surface area contributed by atoms with Crippen LogP contribution in [0.4, 0.5) is 0 Å². The Labute approximate surface area is 143 Å². The maximum Gasteiger partial charge on any atom is 0.129 e. The molecule has 1 unspecified atom stereocenters. The van der Waals surface area contributed by atoms with Crippen LogP contribution in [-0.2, 0) is 13.2 Å². The van der Waals surface area contributed by atoms with Gasteiger partial charge in [0.25, 0.3) is 0 Å². The fourth-order valence-corrected chi connectivity index (χ4v) is 3.23. The van der Waals surface area contributed by atoms with E-state index in [2.05, 4.69) is 34.9 Å². The summed E-state index contributed by atoms with van der Waals surface area (Å²) < 4.78 is 10.9. The molecule has 3 rings (SSSR count). The Bertz CT molecular complexity index is 648. The van der Waals surface area contributed by atoms with E-state index in [9.17, 15) is 0 Å². The Morgan fingerprint density at radius 2 is 1.88 bits per heavy atom. The summed E-state index contributed by atoms with van der Waals surface area (Å²) >= 11 is 0. The van der Waals surface area contributed by atoms with E-state index >= 15 is 0 Å². The quantitative estimate of drug-likeness (QED) is 0.882. The summed E-state index contributed by atoms with van der Waals surface area (Å²) in [5.41, 5.74) is 1.29. The first-order valence-corrected chi connectivity index (χ1v) is 8.48. The van der Waals surface area contributed by atoms with Crippen LogP contribution in [0.15, 0.2) is 40.8 Å². The maximum atomic E-state index is 9.08. The van der Waals surface area contributed by atoms with Crippen LogP contribution in [0.25, 0.3) is 0 Å². The molecule has 1 aliphatic rings. The van der Waals surface area contributed by atoms with Crippen molar-refractivity contribution in [1.29, 1.82) is 0 Å². The molecule has 5 heteroatoms. The Kier molecular flexibility index (Phi) is 5.56. The fraction of sp³-hybridized carbons (Fsp3) is 0.474. The molecule has 0 spiro atoms. The minimum atomic E-state index is -0.0359. The number of hydrogen-bond acceptors (Lipinski definition) is 5. The van der Waals surface area contributed by atoms with Crippen LogP contribution < -0.4 is 4.74 Å². The second kappa shape index (κ2) is 7.83. The minimum absolute atomic E-state index is 0.0359. The van der Waals surface area contributed by atoms with Crippen LogP contribution in [0.2, 0.25) is 0 Å². The molecule has 130 valence electrons. The van der Waals surface area contributed by atoms with Gasteiger partial charge in [0.1, 0.15) is 23.9 Å². The molecular formula is C19H26N2O3. The Morgan fingerprint density at radius 3 is 2.54 bits per heavy atom. The summed E-state index contributed by atoms with van der Waals surface area (Å²) in [7, 11) is 1.71. The molecule has 1 aliphatic heterocycles. The average molecular weight is 330 g/mol. The average Bonchev–Trinajstić information content (AvgIpc) is 3.09. The van der Waals surface area contributed by atoms with Crippen LogP contribution >= 0.6 is 0 Å². The summed E-state index contributed by atoms with van der Waals surface area (Å²) in [4.78, 5) is 4.90. The topological polar surface area (TPSA) is 49.1 Å². The van der Waals surface area contributed by atoms with Crippen LogP contribution in [0.5, 0.6) is 5.75 Å². The van der Waals surface area contributed by atoms with Gasteiger partial charge < -0.3 is 14.3 Å². The highest BCUT2D eigenvalue weighted by atomic mass is 16.5. The van der Waals surface area contributed by atoms with Crippen molar-refractivity contribution >= 4 is 0 Å². The Morgan fingerprint density at radius 1 is 1.12 bits per heavy atom. The summed E-state index contributed by atoms with van der Waals surface area (Å²) in [6.45, 7) is 7.13. The third-order valence-electron chi connectivity index (χ3n) is 4.78. The summed E-state index contributed by atoms with van der Waals surface area (Å²) in [6, 6.07) is 12.5. The first kappa shape index (κ1) is 17.0. The van der Waals surface area contributed by atoms with Crippen molar-refractivity contribution in [3.8, 4) is 5.75 Å². The number of piperazine rings is 1. The Hall–Kier alpha value is -1.82. The van der Waals surface area contributed by atoms with Gasteiger partial charge in [0.2, 0.25) is 0 Å². The molecular weight excluding hydrogens is 304 g/mol. The van der Waals surface area contributed by atoms with Gasteiger partial charge in [0.15, 0.2) is 0 Å². The van der Waals surface area contributed by atoms with E-state index in [1.165, 1.54) is 5.56 Å². The number of aliphatic hydroxyl groups excluding tert-OH is 1. The van der Waals surface area contributed by atoms with E-state index < -0.39 is 0 Å². The molecule has 5 nitrogen and oxygen atoms in total. The fourth-order valence-electron chi connectivity index (χ4n) is 3.23. The molecule has 0 amide bonds. The molecule has 1 aromatic heterocycles. The van der Waals surface area contributed by atoms with Gasteiger partial charge in [-0.05, 0) is 36.8 Å². The minimum Gasteiger partial charge on any atom is -0.497 e. The summed E-state index contributed by atoms with van der Waals surface area (Å²) in [5, 5.41) is 9.08. The number of hydrogen-bond donors (Lipinski definition) is 1. The molecule has 0 aliphatic carbocycles. The van der Waals surface area contributed by atoms with Gasteiger partial charge in [0, 0.05) is 32.2 Å². The lowest BCUT2D eigenvalue weighted by Crippen LogP contribution is -2.46. The Balaban J connectivity index is 1.54. The van der Waals surface area contributed by atoms with Gasteiger partial charge in [-0.3, -0.25) is 9.80 Å². The van der Waals surface area contributed by atoms with E-state index in [0.29, 0.717) is 11.8 Å². The van der Waals surface area contributed by atoms with Gasteiger partial charge >= 0.3 is 0 Å². The molecule has 0 radical (unpaired) electrons. The molecule has 0 saturated carbocycles. The number of methoxy groups -OCH3 is 1. The van der Waals surface area contributed by atoms with Crippen LogP contribution in [-0.4, -0.2) is 48.2 Å². The number of nitrogens with zero attached hydrogens (tertiary/aromatic N) is 2. The standard InChI is InChI=1S/C19H26N2O3/c1-15(16-4-3-5-17(12-16)23-2)21-10-8-20(9-11-21)13-18-6-7-19(14-22)24-18/h3-7,12,15,22H,8-11,13-14H2,1-2H3. The molecule has 24 heavy (non-hydrogen) atoms. The van der Waals surface area contributed by atoms with Gasteiger partial charge in [-0.25, -0.2) is 0 Å². The zero-order valence-electron chi connectivity index (χ0n) is 14.4. The largest absolute Gasteiger partial charge is 0.497 e. The van der Waals surface area contributed by atoms with Crippen molar-refractivity contribution in [2.24, 2.45) is 0 Å². The van der Waals surface area contributed by atoms with Crippen molar-refractivity contribution in [2.75, 3.05) is 33.3 Å². The van der Waals surface area contributed by atoms with E-state index in [-0.39, 0.29) is 6.61 Å². The van der Waals surface area contributed by atoms with Crippen LogP contribution in [0.3, 0.4) is 0 Å². The molecule has 2 aromatic rings. The van der Waals surface area contributed by atoms with Crippen LogP contribution in [0, 0.1) is 0 Å². The normalized spacial score (nSPS) is 17.8. The van der Waals surface area contributed by atoms with E-state index in [0.717, 1.165) is 44.2 Å². The lowest BCUT2D eigenvalue weighted by atomic mass is 10.1. The lowest BCUT2D eigenvalue weighted by molar-refractivity contribution is 0.0924. The number of ether oxygens (including phenoxy) is 1. The second-order valence-electron chi connectivity index (χ2n) is 6.29. The highest BCUT2D eigenvalue weighted by molar-refractivity contribution is 5.30. The van der Waals surface area contributed by atoms with Crippen molar-refractivity contribution in [2.45, 2.75) is 26.1 Å². The molecule has 0 bridgehead atoms. The third-order valence-corrected chi connectivity index (χ3v) is 4.78. The van der Waals surface area contributed by atoms with E-state index in [1.54, 1.807) is 7.11 Å². The van der Waals surface area contributed by atoms with Crippen molar-refractivity contribution in [1.82, 2.24) is 9.80 Å². The molecule has 1 saturated heterocycles. The zero-order valence-corrected chi connectivity index (χ0v) is 14.4. The van der Waals surface area contributed by atoms with Crippen molar-refractivity contribution < 1.29 is 14.3 Å². The first-order valence-electron chi connectivity index (χ1n) is 8.48. The van der Waals surface area contributed by atoms with Crippen molar-refractivity contribution in [3.05, 3.63) is 53.5 Å². The number of rotatable bonds is 6. The van der Waals surface area contributed by atoms with Gasteiger partial charge in [-0.1, -0.05) is 12.1 Å². The number of aliphatic hydroxyl groups is 1. The number of furan rings is 1. The molecule has 1 atom stereocenters. The number of benzene rings is 1. The predicted octanol–water partition coefficient (Wildman–Crippen LogP) is 2.66. The second-order valence-corrected chi connectivity index (χ2v) is 6.29. The summed E-state index contributed by atoms with van der Waals surface area (Å²) in [5.74, 6) is 2.47. The molecule has 1 N–H and O–H groups in total. The van der Waals surface area contributed by atoms with Gasteiger partial charge in [-0.2, -0.15) is 0 Å². The van der Waals surface area contributed by atoms with Gasteiger partial charge in [-0.15, -0.1) is 0 Å². The SMILES string of the molecule is COc1cccc(C(C)N2CCN(Cc3ccc(CO)o3)CC2)c1. The smallest absolute Gasteiger partial charge is 0.129 e. The summed E-state index contributed by atoms with van der Waals surface area (Å²) in [6.07, 6.45) is 0. The monoisotopic (exact) mass is 330 g/mol. The highest BCUT2D eigenvalue weighted by Crippen LogP contribution is 2.25. The van der Waals surface area contributed by atoms with E-state index in [1.807, 2.05) is 18.2 Å². The predicted molar refractivity (Wildman–Crippen MR) is 92.9 cm³/mol. The molecule has 1 fully saturated rings. The van der Waals surface area contributed by atoms with Crippen molar-refractivity contribution in [3.63, 3.8) is 0 Å². The van der Waals surface area contributed by atoms with E-state index in [4.69, 9.17) is 14.3 Å². The first-order chi connectivity index (χ1) is 11.7. The molecule has 2 heterocycles. The lowest BCUT2D eigenvalue weighted by Gasteiger charge is -2.38. The third kappa shape index (κ3) is 3.98. The van der Waals surface area contributed by atoms with Crippen LogP contribution in [0.1, 0.15) is 30.0 Å². The van der Waals surface area contributed by atoms with Gasteiger partial charge in [0.05, 0.1) is 13.7 Å². The molecule has 1 aromatic carbocycles. The highest BCUT2D eigenvalue weighted by Gasteiger charge is 2.22. The maximum absolute atomic E-state index is 9.08.